The van der Waals surface area contributed by atoms with E-state index in [1.54, 1.807) is 0 Å². The van der Waals surface area contributed by atoms with Crippen LogP contribution in [0.3, 0.4) is 0 Å². The Kier molecular flexibility index (Phi) is 4.73. The minimum Gasteiger partial charge on any atom is -0.409 e. The second-order valence-corrected chi connectivity index (χ2v) is 7.12. The van der Waals surface area contributed by atoms with Crippen molar-refractivity contribution in [1.82, 2.24) is 10.3 Å². The first-order valence-electron chi connectivity index (χ1n) is 6.88. The van der Waals surface area contributed by atoms with Gasteiger partial charge in [-0.3, -0.25) is 0 Å². The number of amidine groups is 1. The zero-order valence-corrected chi connectivity index (χ0v) is 14.6. The molecule has 0 bridgehead atoms. The van der Waals surface area contributed by atoms with Gasteiger partial charge in [-0.2, -0.15) is 5.26 Å². The third-order valence-corrected chi connectivity index (χ3v) is 5.39. The number of oxime groups is 1. The average Bonchev–Trinajstić information content (AvgIpc) is 3.23. The molecule has 10 heteroatoms. The number of nitriles is 1. The number of anilines is 1. The summed E-state index contributed by atoms with van der Waals surface area (Å²) in [5.74, 6) is 0.165. The summed E-state index contributed by atoms with van der Waals surface area (Å²) >= 11 is 4.40. The highest BCUT2D eigenvalue weighted by Gasteiger charge is 2.43. The van der Waals surface area contributed by atoms with Crippen molar-refractivity contribution in [3.05, 3.63) is 34.2 Å². The van der Waals surface area contributed by atoms with E-state index >= 15 is 0 Å². The van der Waals surface area contributed by atoms with Crippen LogP contribution in [-0.4, -0.2) is 27.1 Å². The molecule has 1 aromatic heterocycles. The largest absolute Gasteiger partial charge is 0.409 e. The summed E-state index contributed by atoms with van der Waals surface area (Å²) in [5, 5.41) is 32.3. The van der Waals surface area contributed by atoms with Crippen LogP contribution in [0.5, 0.6) is 0 Å². The Labute approximate surface area is 149 Å². The molecule has 0 atom stereocenters. The van der Waals surface area contributed by atoms with Gasteiger partial charge in [-0.15, -0.1) is 0 Å². The first kappa shape index (κ1) is 16.7. The molecule has 24 heavy (non-hydrogen) atoms. The fraction of sp³-hybridized carbons (Fsp3) is 0.286. The normalized spacial score (nSPS) is 15.8. The Morgan fingerprint density at radius 1 is 1.54 bits per heavy atom. The molecule has 0 aliphatic heterocycles. The summed E-state index contributed by atoms with van der Waals surface area (Å²) in [6.07, 6.45) is 1.72. The maximum Gasteiger partial charge on any atom is 0.202 e. The van der Waals surface area contributed by atoms with Crippen molar-refractivity contribution < 1.29 is 14.2 Å². The van der Waals surface area contributed by atoms with Crippen LogP contribution in [0.15, 0.2) is 37.5 Å². The minimum absolute atomic E-state index is 0.0130. The monoisotopic (exact) mass is 411 g/mol. The summed E-state index contributed by atoms with van der Waals surface area (Å²) in [6, 6.07) is 6.54. The Hall–Kier alpha value is -2.12. The van der Waals surface area contributed by atoms with Crippen molar-refractivity contribution in [2.45, 2.75) is 17.9 Å². The third kappa shape index (κ3) is 3.52. The highest BCUT2D eigenvalue weighted by molar-refractivity contribution is 9.10. The van der Waals surface area contributed by atoms with E-state index in [1.165, 1.54) is 30.0 Å². The van der Waals surface area contributed by atoms with Gasteiger partial charge in [-0.1, -0.05) is 16.9 Å². The lowest BCUT2D eigenvalue weighted by Crippen LogP contribution is -2.15. The molecular weight excluding hydrogens is 401 g/mol. The lowest BCUT2D eigenvalue weighted by Gasteiger charge is -2.08. The van der Waals surface area contributed by atoms with Crippen LogP contribution >= 0.6 is 27.7 Å². The summed E-state index contributed by atoms with van der Waals surface area (Å²) in [4.78, 5) is 0. The van der Waals surface area contributed by atoms with Crippen molar-refractivity contribution in [3.8, 4) is 6.07 Å². The molecule has 2 N–H and O–H groups in total. The lowest BCUT2D eigenvalue weighted by molar-refractivity contribution is 0.297. The number of halogens is 2. The van der Waals surface area contributed by atoms with Crippen molar-refractivity contribution in [1.29, 1.82) is 5.26 Å². The summed E-state index contributed by atoms with van der Waals surface area (Å²) in [6.45, 7) is 0. The molecule has 1 aromatic carbocycles. The van der Waals surface area contributed by atoms with Gasteiger partial charge in [0.1, 0.15) is 5.82 Å². The number of hydrogen-bond donors (Lipinski definition) is 2. The standard InChI is InChI=1S/C14H11BrFN5O2S/c15-9-5-8(1-2-10(9)16)18-12(19-22)11-13(21-23-20-11)24-7-14(6-17)3-4-14/h1-2,5,22H,3-4,7H2,(H,18,19). The zero-order chi connectivity index (χ0) is 17.2. The molecule has 0 amide bonds. The van der Waals surface area contributed by atoms with Crippen LogP contribution < -0.4 is 5.32 Å². The van der Waals surface area contributed by atoms with E-state index in [2.05, 4.69) is 42.8 Å². The first-order chi connectivity index (χ1) is 11.6. The molecular formula is C14H11BrFN5O2S. The maximum atomic E-state index is 13.3. The van der Waals surface area contributed by atoms with Crippen LogP contribution in [0.25, 0.3) is 0 Å². The van der Waals surface area contributed by atoms with Crippen molar-refractivity contribution in [2.24, 2.45) is 10.6 Å². The summed E-state index contributed by atoms with van der Waals surface area (Å²) < 4.78 is 18.3. The van der Waals surface area contributed by atoms with Gasteiger partial charge in [0.25, 0.3) is 0 Å². The Morgan fingerprint density at radius 2 is 2.33 bits per heavy atom. The molecule has 1 fully saturated rings. The average molecular weight is 412 g/mol. The van der Waals surface area contributed by atoms with Gasteiger partial charge in [0.05, 0.1) is 16.0 Å². The van der Waals surface area contributed by atoms with Crippen LogP contribution in [0.2, 0.25) is 0 Å². The molecule has 0 unspecified atom stereocenters. The predicted molar refractivity (Wildman–Crippen MR) is 88.3 cm³/mol. The van der Waals surface area contributed by atoms with Gasteiger partial charge in [0, 0.05) is 11.4 Å². The number of benzene rings is 1. The molecule has 1 aliphatic rings. The molecule has 1 aliphatic carbocycles. The topological polar surface area (TPSA) is 107 Å². The molecule has 0 saturated heterocycles. The van der Waals surface area contributed by atoms with Gasteiger partial charge >= 0.3 is 0 Å². The first-order valence-corrected chi connectivity index (χ1v) is 8.66. The molecule has 2 aromatic rings. The lowest BCUT2D eigenvalue weighted by atomic mass is 10.2. The van der Waals surface area contributed by atoms with Crippen molar-refractivity contribution >= 4 is 39.2 Å². The molecule has 0 spiro atoms. The highest BCUT2D eigenvalue weighted by Crippen LogP contribution is 2.48. The molecule has 1 heterocycles. The maximum absolute atomic E-state index is 13.3. The fourth-order valence-corrected chi connectivity index (χ4v) is 3.41. The predicted octanol–water partition coefficient (Wildman–Crippen LogP) is 3.61. The van der Waals surface area contributed by atoms with Gasteiger partial charge < -0.3 is 10.5 Å². The Morgan fingerprint density at radius 3 is 2.96 bits per heavy atom. The zero-order valence-electron chi connectivity index (χ0n) is 12.2. The van der Waals surface area contributed by atoms with E-state index < -0.39 is 5.82 Å². The second kappa shape index (κ2) is 6.78. The SMILES string of the molecule is N#CC1(CSc2nonc2/C(=N/O)Nc2ccc(F)c(Br)c2)CC1. The number of nitrogens with one attached hydrogen (secondary N) is 1. The van der Waals surface area contributed by atoms with Crippen LogP contribution in [0, 0.1) is 22.6 Å². The van der Waals surface area contributed by atoms with Gasteiger partial charge in [0.2, 0.25) is 5.84 Å². The quantitative estimate of drug-likeness (QED) is 0.254. The van der Waals surface area contributed by atoms with Crippen molar-refractivity contribution in [3.63, 3.8) is 0 Å². The molecule has 124 valence electrons. The van der Waals surface area contributed by atoms with Crippen LogP contribution in [-0.2, 0) is 0 Å². The van der Waals surface area contributed by atoms with Gasteiger partial charge in [-0.05, 0) is 57.3 Å². The van der Waals surface area contributed by atoms with E-state index in [0.717, 1.165) is 12.8 Å². The fourth-order valence-electron chi connectivity index (χ4n) is 1.91. The molecule has 3 rings (SSSR count). The number of hydrogen-bond acceptors (Lipinski definition) is 7. The number of aromatic nitrogens is 2. The van der Waals surface area contributed by atoms with Crippen LogP contribution in [0.1, 0.15) is 18.5 Å². The second-order valence-electron chi connectivity index (χ2n) is 5.30. The van der Waals surface area contributed by atoms with E-state index in [9.17, 15) is 9.60 Å². The third-order valence-electron chi connectivity index (χ3n) is 3.54. The molecule has 0 radical (unpaired) electrons. The molecule has 1 saturated carbocycles. The van der Waals surface area contributed by atoms with Crippen molar-refractivity contribution in [2.75, 3.05) is 11.1 Å². The van der Waals surface area contributed by atoms with E-state index in [4.69, 9.17) is 9.89 Å². The van der Waals surface area contributed by atoms with Gasteiger partial charge in [-0.25, -0.2) is 9.02 Å². The van der Waals surface area contributed by atoms with Crippen LogP contribution in [0.4, 0.5) is 10.1 Å². The number of rotatable bonds is 5. The van der Waals surface area contributed by atoms with Gasteiger partial charge in [0.15, 0.2) is 10.7 Å². The Balaban J connectivity index is 1.75. The van der Waals surface area contributed by atoms with E-state index in [0.29, 0.717) is 16.5 Å². The minimum atomic E-state index is -0.409. The summed E-state index contributed by atoms with van der Waals surface area (Å²) in [7, 11) is 0. The molecule has 7 nitrogen and oxygen atoms in total. The number of nitrogens with zero attached hydrogens (tertiary/aromatic N) is 4. The van der Waals surface area contributed by atoms with E-state index in [-0.39, 0.29) is 21.4 Å². The summed E-state index contributed by atoms with van der Waals surface area (Å²) in [5.41, 5.74) is 0.398. The highest BCUT2D eigenvalue weighted by atomic mass is 79.9. The number of thioether (sulfide) groups is 1. The smallest absolute Gasteiger partial charge is 0.202 e. The van der Waals surface area contributed by atoms with E-state index in [1.807, 2.05) is 0 Å². The Bertz CT molecular complexity index is 831.